The molecule has 0 saturated carbocycles. The Bertz CT molecular complexity index is 472. The molecule has 1 rings (SSSR count). The van der Waals surface area contributed by atoms with E-state index in [0.717, 1.165) is 5.69 Å². The van der Waals surface area contributed by atoms with Crippen molar-refractivity contribution in [3.05, 3.63) is 29.6 Å². The number of amides is 1. The minimum atomic E-state index is -0.407. The third kappa shape index (κ3) is 6.35. The maximum absolute atomic E-state index is 11.7. The molecule has 0 aliphatic rings. The fourth-order valence-electron chi connectivity index (χ4n) is 1.71. The summed E-state index contributed by atoms with van der Waals surface area (Å²) in [7, 11) is 3.19. The maximum atomic E-state index is 11.7. The van der Waals surface area contributed by atoms with Crippen LogP contribution in [0.2, 0.25) is 0 Å². The van der Waals surface area contributed by atoms with Crippen LogP contribution in [0.25, 0.3) is 0 Å². The lowest BCUT2D eigenvalue weighted by atomic mass is 10.2. The Morgan fingerprint density at radius 2 is 2.10 bits per heavy atom. The molecule has 1 amide bonds. The lowest BCUT2D eigenvalue weighted by Crippen LogP contribution is -2.36. The molecule has 0 aromatic carbocycles. The van der Waals surface area contributed by atoms with Crippen molar-refractivity contribution in [3.8, 4) is 0 Å². The van der Waals surface area contributed by atoms with Crippen molar-refractivity contribution in [1.82, 2.24) is 15.2 Å². The summed E-state index contributed by atoms with van der Waals surface area (Å²) in [5.41, 5.74) is 1.21. The zero-order valence-corrected chi connectivity index (χ0v) is 13.0. The Morgan fingerprint density at radius 1 is 1.38 bits per heavy atom. The van der Waals surface area contributed by atoms with Gasteiger partial charge in [-0.15, -0.1) is 0 Å². The second-order valence-corrected chi connectivity index (χ2v) is 5.40. The van der Waals surface area contributed by atoms with Gasteiger partial charge in [0.2, 0.25) is 5.91 Å². The van der Waals surface area contributed by atoms with Crippen molar-refractivity contribution >= 4 is 11.9 Å². The molecule has 21 heavy (non-hydrogen) atoms. The number of esters is 1. The minimum Gasteiger partial charge on any atom is -0.465 e. The number of hydrogen-bond acceptors (Lipinski definition) is 5. The minimum absolute atomic E-state index is 0.00243. The number of carbonyl (C=O) groups is 2. The van der Waals surface area contributed by atoms with Gasteiger partial charge in [-0.25, -0.2) is 4.79 Å². The van der Waals surface area contributed by atoms with E-state index >= 15 is 0 Å². The summed E-state index contributed by atoms with van der Waals surface area (Å²) in [6.07, 6.45) is 1.48. The molecule has 0 atom stereocenters. The summed E-state index contributed by atoms with van der Waals surface area (Å²) in [4.78, 5) is 29.1. The summed E-state index contributed by atoms with van der Waals surface area (Å²) < 4.78 is 4.61. The number of ether oxygens (including phenoxy) is 1. The van der Waals surface area contributed by atoms with Gasteiger partial charge in [0.15, 0.2) is 0 Å². The Morgan fingerprint density at radius 3 is 2.62 bits per heavy atom. The van der Waals surface area contributed by atoms with E-state index in [1.165, 1.54) is 13.3 Å². The number of nitrogens with one attached hydrogen (secondary N) is 1. The van der Waals surface area contributed by atoms with Crippen LogP contribution >= 0.6 is 0 Å². The lowest BCUT2D eigenvalue weighted by Gasteiger charge is -2.16. The van der Waals surface area contributed by atoms with E-state index in [0.29, 0.717) is 31.1 Å². The highest BCUT2D eigenvalue weighted by atomic mass is 16.5. The number of rotatable bonds is 7. The summed E-state index contributed by atoms with van der Waals surface area (Å²) >= 11 is 0. The van der Waals surface area contributed by atoms with Crippen LogP contribution in [0.5, 0.6) is 0 Å². The summed E-state index contributed by atoms with van der Waals surface area (Å²) in [5, 5.41) is 2.87. The maximum Gasteiger partial charge on any atom is 0.339 e. The first-order valence-corrected chi connectivity index (χ1v) is 6.91. The van der Waals surface area contributed by atoms with Crippen LogP contribution in [0, 0.1) is 5.92 Å². The van der Waals surface area contributed by atoms with E-state index in [1.54, 1.807) is 12.1 Å². The zero-order valence-electron chi connectivity index (χ0n) is 13.0. The molecule has 0 fully saturated rings. The Labute approximate surface area is 125 Å². The van der Waals surface area contributed by atoms with Crippen molar-refractivity contribution in [2.24, 2.45) is 5.92 Å². The Kier molecular flexibility index (Phi) is 6.81. The number of hydrogen-bond donors (Lipinski definition) is 1. The third-order valence-electron chi connectivity index (χ3n) is 2.80. The first-order valence-electron chi connectivity index (χ1n) is 6.91. The predicted molar refractivity (Wildman–Crippen MR) is 79.8 cm³/mol. The van der Waals surface area contributed by atoms with Crippen LogP contribution < -0.4 is 5.32 Å². The standard InChI is InChI=1S/C15H23N3O3/c1-11(2)7-17-14(19)10-18(3)9-13-6-5-12(8-16-13)15(20)21-4/h5-6,8,11H,7,9-10H2,1-4H3,(H,17,19). The van der Waals surface area contributed by atoms with Gasteiger partial charge < -0.3 is 10.1 Å². The average molecular weight is 293 g/mol. The van der Waals surface area contributed by atoms with E-state index in [2.05, 4.69) is 28.9 Å². The van der Waals surface area contributed by atoms with Gasteiger partial charge in [0.1, 0.15) is 0 Å². The molecule has 0 radical (unpaired) electrons. The Balaban J connectivity index is 2.45. The number of likely N-dealkylation sites (N-methyl/N-ethyl adjacent to an activating group) is 1. The molecule has 1 heterocycles. The highest BCUT2D eigenvalue weighted by Crippen LogP contribution is 2.04. The number of aromatic nitrogens is 1. The number of nitrogens with zero attached hydrogens (tertiary/aromatic N) is 2. The number of carbonyl (C=O) groups excluding carboxylic acids is 2. The van der Waals surface area contributed by atoms with Crippen LogP contribution in [0.15, 0.2) is 18.3 Å². The molecule has 0 spiro atoms. The normalized spacial score (nSPS) is 10.8. The van der Waals surface area contributed by atoms with E-state index in [1.807, 2.05) is 11.9 Å². The summed E-state index contributed by atoms with van der Waals surface area (Å²) in [6, 6.07) is 3.43. The number of methoxy groups -OCH3 is 1. The fraction of sp³-hybridized carbons (Fsp3) is 0.533. The molecule has 6 nitrogen and oxygen atoms in total. The molecule has 1 N–H and O–H groups in total. The van der Waals surface area contributed by atoms with Gasteiger partial charge in [-0.2, -0.15) is 0 Å². The highest BCUT2D eigenvalue weighted by Gasteiger charge is 2.09. The lowest BCUT2D eigenvalue weighted by molar-refractivity contribution is -0.122. The van der Waals surface area contributed by atoms with Crippen molar-refractivity contribution in [1.29, 1.82) is 0 Å². The molecule has 116 valence electrons. The molecular formula is C15H23N3O3. The summed E-state index contributed by atoms with van der Waals surface area (Å²) in [6.45, 7) is 5.63. The van der Waals surface area contributed by atoms with E-state index in [4.69, 9.17) is 0 Å². The first-order chi connectivity index (χ1) is 9.92. The fourth-order valence-corrected chi connectivity index (χ4v) is 1.71. The monoisotopic (exact) mass is 293 g/mol. The van der Waals surface area contributed by atoms with Crippen molar-refractivity contribution in [2.45, 2.75) is 20.4 Å². The second-order valence-electron chi connectivity index (χ2n) is 5.40. The van der Waals surface area contributed by atoms with Gasteiger partial charge >= 0.3 is 5.97 Å². The number of pyridine rings is 1. The third-order valence-corrected chi connectivity index (χ3v) is 2.80. The zero-order chi connectivity index (χ0) is 15.8. The van der Waals surface area contributed by atoms with Gasteiger partial charge in [0, 0.05) is 19.3 Å². The second kappa shape index (κ2) is 8.36. The van der Waals surface area contributed by atoms with Gasteiger partial charge in [0.25, 0.3) is 0 Å². The molecule has 0 bridgehead atoms. The van der Waals surface area contributed by atoms with Crippen molar-refractivity contribution in [3.63, 3.8) is 0 Å². The molecule has 6 heteroatoms. The smallest absolute Gasteiger partial charge is 0.339 e. The molecule has 0 aliphatic carbocycles. The Hall–Kier alpha value is -1.95. The van der Waals surface area contributed by atoms with Gasteiger partial charge in [-0.05, 0) is 25.1 Å². The first kappa shape index (κ1) is 17.1. The van der Waals surface area contributed by atoms with Gasteiger partial charge in [-0.1, -0.05) is 13.8 Å². The van der Waals surface area contributed by atoms with Crippen molar-refractivity contribution in [2.75, 3.05) is 27.2 Å². The molecular weight excluding hydrogens is 270 g/mol. The van der Waals surface area contributed by atoms with Gasteiger partial charge in [0.05, 0.1) is 24.9 Å². The van der Waals surface area contributed by atoms with Crippen LogP contribution in [0.4, 0.5) is 0 Å². The van der Waals surface area contributed by atoms with E-state index in [-0.39, 0.29) is 5.91 Å². The summed E-state index contributed by atoms with van der Waals surface area (Å²) in [5.74, 6) is 0.0274. The largest absolute Gasteiger partial charge is 0.465 e. The molecule has 1 aromatic rings. The predicted octanol–water partition coefficient (Wildman–Crippen LogP) is 1.07. The van der Waals surface area contributed by atoms with Crippen LogP contribution in [0.1, 0.15) is 29.9 Å². The van der Waals surface area contributed by atoms with Crippen molar-refractivity contribution < 1.29 is 14.3 Å². The van der Waals surface area contributed by atoms with Crippen LogP contribution in [-0.2, 0) is 16.1 Å². The molecule has 1 aromatic heterocycles. The quantitative estimate of drug-likeness (QED) is 0.761. The van der Waals surface area contributed by atoms with Crippen LogP contribution in [0.3, 0.4) is 0 Å². The van der Waals surface area contributed by atoms with Gasteiger partial charge in [-0.3, -0.25) is 14.7 Å². The molecule has 0 aliphatic heterocycles. The average Bonchev–Trinajstić information content (AvgIpc) is 2.45. The molecule has 0 saturated heterocycles. The van der Waals surface area contributed by atoms with E-state index < -0.39 is 5.97 Å². The highest BCUT2D eigenvalue weighted by molar-refractivity contribution is 5.88. The topological polar surface area (TPSA) is 71.5 Å². The molecule has 0 unspecified atom stereocenters. The van der Waals surface area contributed by atoms with Crippen LogP contribution in [-0.4, -0.2) is 49.0 Å². The van der Waals surface area contributed by atoms with E-state index in [9.17, 15) is 9.59 Å². The SMILES string of the molecule is COC(=O)c1ccc(CN(C)CC(=O)NCC(C)C)nc1.